The molecule has 1 fully saturated rings. The van der Waals surface area contributed by atoms with Crippen molar-refractivity contribution in [1.82, 2.24) is 15.2 Å². The maximum Gasteiger partial charge on any atom is 0.275 e. The van der Waals surface area contributed by atoms with Gasteiger partial charge in [-0.1, -0.05) is 29.5 Å². The first-order valence-electron chi connectivity index (χ1n) is 11.3. The molecule has 1 aromatic heterocycles. The SMILES string of the molecule is CN(C)c1nc(C(=O)N2CCSC2CNC(=O)c2cccc3c2CCO3)c(-c2ccc(F)cc2)s1. The van der Waals surface area contributed by atoms with E-state index in [2.05, 4.69) is 10.3 Å². The van der Waals surface area contributed by atoms with Crippen molar-refractivity contribution in [3.05, 3.63) is 65.1 Å². The van der Waals surface area contributed by atoms with Gasteiger partial charge in [0, 0.05) is 50.5 Å². The van der Waals surface area contributed by atoms with E-state index in [1.54, 1.807) is 34.9 Å². The number of halogens is 1. The van der Waals surface area contributed by atoms with Crippen LogP contribution in [0.5, 0.6) is 5.75 Å². The van der Waals surface area contributed by atoms with Crippen LogP contribution in [0.2, 0.25) is 0 Å². The lowest BCUT2D eigenvalue weighted by molar-refractivity contribution is 0.0747. The van der Waals surface area contributed by atoms with E-state index < -0.39 is 0 Å². The summed E-state index contributed by atoms with van der Waals surface area (Å²) in [6, 6.07) is 11.6. The Morgan fingerprint density at radius 1 is 1.23 bits per heavy atom. The minimum atomic E-state index is -0.332. The number of fused-ring (bicyclic) bond motifs is 1. The summed E-state index contributed by atoms with van der Waals surface area (Å²) in [6.07, 6.45) is 0.714. The summed E-state index contributed by atoms with van der Waals surface area (Å²) < 4.78 is 19.1. The van der Waals surface area contributed by atoms with Crippen LogP contribution in [0.25, 0.3) is 10.4 Å². The van der Waals surface area contributed by atoms with Crippen LogP contribution in [0.1, 0.15) is 26.4 Å². The number of carbonyl (C=O) groups excluding carboxylic acids is 2. The zero-order chi connectivity index (χ0) is 24.5. The molecular weight excluding hydrogens is 487 g/mol. The second-order valence-electron chi connectivity index (χ2n) is 8.49. The van der Waals surface area contributed by atoms with Crippen molar-refractivity contribution in [1.29, 1.82) is 0 Å². The van der Waals surface area contributed by atoms with Gasteiger partial charge in [-0.15, -0.1) is 11.8 Å². The molecule has 0 radical (unpaired) electrons. The van der Waals surface area contributed by atoms with E-state index in [1.165, 1.54) is 23.5 Å². The van der Waals surface area contributed by atoms with Crippen LogP contribution in [0.4, 0.5) is 9.52 Å². The van der Waals surface area contributed by atoms with Crippen molar-refractivity contribution in [2.24, 2.45) is 0 Å². The topological polar surface area (TPSA) is 74.8 Å². The van der Waals surface area contributed by atoms with Crippen LogP contribution < -0.4 is 15.0 Å². The fraction of sp³-hybridized carbons (Fsp3) is 0.320. The maximum atomic E-state index is 13.7. The smallest absolute Gasteiger partial charge is 0.275 e. The van der Waals surface area contributed by atoms with E-state index >= 15 is 0 Å². The molecule has 0 bridgehead atoms. The van der Waals surface area contributed by atoms with Crippen LogP contribution in [-0.2, 0) is 6.42 Å². The van der Waals surface area contributed by atoms with E-state index in [9.17, 15) is 14.0 Å². The minimum Gasteiger partial charge on any atom is -0.493 e. The lowest BCUT2D eigenvalue weighted by Gasteiger charge is -2.24. The number of nitrogens with zero attached hydrogens (tertiary/aromatic N) is 3. The van der Waals surface area contributed by atoms with Crippen molar-refractivity contribution in [2.45, 2.75) is 11.8 Å². The van der Waals surface area contributed by atoms with Crippen molar-refractivity contribution >= 4 is 40.0 Å². The molecule has 2 aliphatic heterocycles. The lowest BCUT2D eigenvalue weighted by Crippen LogP contribution is -2.42. The molecule has 5 rings (SSSR count). The Morgan fingerprint density at radius 2 is 2.03 bits per heavy atom. The molecule has 0 aliphatic carbocycles. The van der Waals surface area contributed by atoms with Crippen molar-refractivity contribution < 1.29 is 18.7 Å². The Hall–Kier alpha value is -3.11. The summed E-state index contributed by atoms with van der Waals surface area (Å²) in [4.78, 5) is 35.5. The molecule has 10 heteroatoms. The predicted octanol–water partition coefficient (Wildman–Crippen LogP) is 3.90. The fourth-order valence-corrected chi connectivity index (χ4v) is 6.35. The number of ether oxygens (including phenoxy) is 1. The largest absolute Gasteiger partial charge is 0.493 e. The first kappa shape index (κ1) is 23.6. The molecule has 7 nitrogen and oxygen atoms in total. The third-order valence-corrected chi connectivity index (χ3v) is 8.48. The van der Waals surface area contributed by atoms with Gasteiger partial charge in [-0.3, -0.25) is 9.59 Å². The minimum absolute atomic E-state index is 0.164. The van der Waals surface area contributed by atoms with Gasteiger partial charge >= 0.3 is 0 Å². The highest BCUT2D eigenvalue weighted by Crippen LogP contribution is 2.37. The second kappa shape index (κ2) is 9.87. The number of carbonyl (C=O) groups is 2. The average molecular weight is 513 g/mol. The molecule has 2 aliphatic rings. The molecule has 2 aromatic carbocycles. The van der Waals surface area contributed by atoms with E-state index in [1.807, 2.05) is 31.1 Å². The number of anilines is 1. The summed E-state index contributed by atoms with van der Waals surface area (Å²) in [5.74, 6) is 0.853. The third-order valence-electron chi connectivity index (χ3n) is 5.98. The molecule has 0 saturated carbocycles. The predicted molar refractivity (Wildman–Crippen MR) is 137 cm³/mol. The molecule has 2 amide bonds. The zero-order valence-electron chi connectivity index (χ0n) is 19.4. The molecule has 35 heavy (non-hydrogen) atoms. The average Bonchev–Trinajstić information content (AvgIpc) is 3.61. The number of aromatic nitrogens is 1. The van der Waals surface area contributed by atoms with Crippen LogP contribution in [-0.4, -0.2) is 66.6 Å². The maximum absolute atomic E-state index is 13.7. The number of hydrogen-bond donors (Lipinski definition) is 1. The number of nitrogens with one attached hydrogen (secondary N) is 1. The van der Waals surface area contributed by atoms with Gasteiger partial charge in [-0.05, 0) is 29.8 Å². The van der Waals surface area contributed by atoms with E-state index in [4.69, 9.17) is 4.74 Å². The zero-order valence-corrected chi connectivity index (χ0v) is 21.0. The summed E-state index contributed by atoms with van der Waals surface area (Å²) in [5.41, 5.74) is 2.65. The van der Waals surface area contributed by atoms with Crippen LogP contribution in [0.15, 0.2) is 42.5 Å². The molecule has 3 heterocycles. The Bertz CT molecular complexity index is 1260. The molecule has 3 aromatic rings. The first-order chi connectivity index (χ1) is 16.9. The highest BCUT2D eigenvalue weighted by Gasteiger charge is 2.34. The lowest BCUT2D eigenvalue weighted by atomic mass is 10.0. The summed E-state index contributed by atoms with van der Waals surface area (Å²) in [6.45, 7) is 1.48. The van der Waals surface area contributed by atoms with Gasteiger partial charge in [0.25, 0.3) is 11.8 Å². The van der Waals surface area contributed by atoms with E-state index in [-0.39, 0.29) is 23.0 Å². The number of hydrogen-bond acceptors (Lipinski definition) is 7. The molecule has 0 spiro atoms. The van der Waals surface area contributed by atoms with Gasteiger partial charge in [-0.25, -0.2) is 9.37 Å². The third kappa shape index (κ3) is 4.72. The summed E-state index contributed by atoms with van der Waals surface area (Å²) in [5, 5.41) is 3.50. The second-order valence-corrected chi connectivity index (χ2v) is 10.8. The van der Waals surface area contributed by atoms with Crippen LogP contribution >= 0.6 is 23.1 Å². The van der Waals surface area contributed by atoms with Gasteiger partial charge in [0.1, 0.15) is 17.3 Å². The normalized spacial score (nSPS) is 16.7. The molecule has 1 saturated heterocycles. The standard InChI is InChI=1S/C25H25FN4O3S2/c1-29(2)25-28-21(22(35-25)15-6-8-16(26)9-7-15)24(32)30-11-13-34-20(30)14-27-23(31)18-4-3-5-19-17(18)10-12-33-19/h3-9,20H,10-14H2,1-2H3,(H,27,31). The number of thiazole rings is 1. The molecule has 1 atom stereocenters. The van der Waals surface area contributed by atoms with Crippen molar-refractivity contribution in [3.63, 3.8) is 0 Å². The Balaban J connectivity index is 1.35. The highest BCUT2D eigenvalue weighted by molar-refractivity contribution is 8.00. The quantitative estimate of drug-likeness (QED) is 0.540. The highest BCUT2D eigenvalue weighted by atomic mass is 32.2. The number of thioether (sulfide) groups is 1. The van der Waals surface area contributed by atoms with Crippen molar-refractivity contribution in [2.75, 3.05) is 44.4 Å². The van der Waals surface area contributed by atoms with E-state index in [0.717, 1.165) is 22.6 Å². The van der Waals surface area contributed by atoms with Gasteiger partial charge in [0.2, 0.25) is 0 Å². The van der Waals surface area contributed by atoms with Crippen LogP contribution in [0.3, 0.4) is 0 Å². The fourth-order valence-electron chi connectivity index (χ4n) is 4.21. The first-order valence-corrected chi connectivity index (χ1v) is 13.2. The number of benzene rings is 2. The summed E-state index contributed by atoms with van der Waals surface area (Å²) >= 11 is 3.03. The molecule has 1 unspecified atom stereocenters. The molecule has 1 N–H and O–H groups in total. The summed E-state index contributed by atoms with van der Waals surface area (Å²) in [7, 11) is 3.74. The van der Waals surface area contributed by atoms with Gasteiger partial charge < -0.3 is 19.9 Å². The Morgan fingerprint density at radius 3 is 2.80 bits per heavy atom. The van der Waals surface area contributed by atoms with Crippen molar-refractivity contribution in [3.8, 4) is 16.2 Å². The Kier molecular flexibility index (Phi) is 6.66. The van der Waals surface area contributed by atoms with Gasteiger partial charge in [-0.2, -0.15) is 0 Å². The van der Waals surface area contributed by atoms with E-state index in [0.29, 0.717) is 47.4 Å². The number of amides is 2. The molecular formula is C25H25FN4O3S2. The number of rotatable bonds is 6. The monoisotopic (exact) mass is 512 g/mol. The molecule has 182 valence electrons. The van der Waals surface area contributed by atoms with Gasteiger partial charge in [0.05, 0.1) is 16.9 Å². The van der Waals surface area contributed by atoms with Gasteiger partial charge in [0.15, 0.2) is 5.13 Å². The Labute approximate surface area is 211 Å². The van der Waals surface area contributed by atoms with Crippen LogP contribution in [0, 0.1) is 5.82 Å².